The first-order valence-corrected chi connectivity index (χ1v) is 14.8. The van der Waals surface area contributed by atoms with Gasteiger partial charge in [0, 0.05) is 44.1 Å². The lowest BCUT2D eigenvalue weighted by atomic mass is 9.96. The van der Waals surface area contributed by atoms with Gasteiger partial charge in [-0.15, -0.1) is 0 Å². The van der Waals surface area contributed by atoms with Crippen LogP contribution in [0.3, 0.4) is 0 Å². The second-order valence-corrected chi connectivity index (χ2v) is 10.3. The summed E-state index contributed by atoms with van der Waals surface area (Å²) in [5.41, 5.74) is 9.41. The minimum atomic E-state index is -0.735. The summed E-state index contributed by atoms with van der Waals surface area (Å²) in [7, 11) is 1.55. The highest BCUT2D eigenvalue weighted by molar-refractivity contribution is 5.95. The zero-order valence-electron chi connectivity index (χ0n) is 25.5. The predicted octanol–water partition coefficient (Wildman–Crippen LogP) is 3.68. The summed E-state index contributed by atoms with van der Waals surface area (Å²) in [5.74, 6) is -1.04. The second-order valence-electron chi connectivity index (χ2n) is 10.3. The molecule has 3 amide bonds. The molecule has 2 atom stereocenters. The van der Waals surface area contributed by atoms with Crippen LogP contribution in [-0.4, -0.2) is 49.5 Å². The lowest BCUT2D eigenvalue weighted by molar-refractivity contribution is -0.124. The summed E-state index contributed by atoms with van der Waals surface area (Å²) in [4.78, 5) is 44.2. The highest BCUT2D eigenvalue weighted by atomic mass is 16.5. The minimum Gasteiger partial charge on any atom is -0.497 e. The number of hydrogen-bond donors (Lipinski definition) is 4. The Hall–Kier alpha value is -5.22. The summed E-state index contributed by atoms with van der Waals surface area (Å²) in [5, 5.41) is 8.80. The molecule has 5 N–H and O–H groups in total. The van der Waals surface area contributed by atoms with Crippen LogP contribution in [0.25, 0.3) is 0 Å². The molecule has 1 aromatic heterocycles. The van der Waals surface area contributed by atoms with Gasteiger partial charge in [0.1, 0.15) is 11.5 Å². The number of rotatable bonds is 15. The summed E-state index contributed by atoms with van der Waals surface area (Å²) in [6, 6.07) is 25.1. The number of carbonyl (C=O) groups excluding carboxylic acids is 3. The molecule has 4 aromatic rings. The molecule has 1 heterocycles. The average molecular weight is 610 g/mol. The molecule has 0 fully saturated rings. The van der Waals surface area contributed by atoms with Crippen LogP contribution in [0, 0.1) is 0 Å². The fraction of sp³-hybridized carbons (Fsp3) is 0.257. The number of amides is 3. The quantitative estimate of drug-likeness (QED) is 0.161. The van der Waals surface area contributed by atoms with E-state index < -0.39 is 11.8 Å². The van der Waals surface area contributed by atoms with E-state index >= 15 is 0 Å². The maximum Gasteiger partial charge on any atom is 0.251 e. The van der Waals surface area contributed by atoms with E-state index in [9.17, 15) is 14.4 Å². The van der Waals surface area contributed by atoms with Crippen LogP contribution in [0.1, 0.15) is 51.4 Å². The van der Waals surface area contributed by atoms with Crippen LogP contribution in [0.2, 0.25) is 0 Å². The van der Waals surface area contributed by atoms with Crippen LogP contribution in [-0.2, 0) is 22.7 Å². The van der Waals surface area contributed by atoms with Gasteiger partial charge in [-0.2, -0.15) is 0 Å². The van der Waals surface area contributed by atoms with Crippen molar-refractivity contribution in [3.05, 3.63) is 125 Å². The van der Waals surface area contributed by atoms with Gasteiger partial charge in [-0.3, -0.25) is 19.4 Å². The van der Waals surface area contributed by atoms with Crippen molar-refractivity contribution in [3.8, 4) is 11.5 Å². The topological polar surface area (TPSA) is 145 Å². The Labute approximate surface area is 263 Å². The lowest BCUT2D eigenvalue weighted by Crippen LogP contribution is -2.41. The first kappa shape index (κ1) is 32.7. The Balaban J connectivity index is 1.48. The molecule has 0 unspecified atom stereocenters. The Bertz CT molecular complexity index is 1530. The maximum absolute atomic E-state index is 13.7. The Morgan fingerprint density at radius 2 is 1.38 bits per heavy atom. The molecule has 45 heavy (non-hydrogen) atoms. The number of nitrogens with one attached hydrogen (secondary N) is 3. The molecule has 0 aliphatic rings. The van der Waals surface area contributed by atoms with Crippen molar-refractivity contribution in [1.29, 1.82) is 0 Å². The van der Waals surface area contributed by atoms with E-state index in [1.54, 1.807) is 80.2 Å². The van der Waals surface area contributed by atoms with Gasteiger partial charge < -0.3 is 31.2 Å². The monoisotopic (exact) mass is 609 g/mol. The minimum absolute atomic E-state index is 0.0302. The summed E-state index contributed by atoms with van der Waals surface area (Å²) >= 11 is 0. The molecular formula is C35H39N5O5. The SMILES string of the molecule is CCOc1ccc([C@@H](CNC(=O)c2ccc(OC)cc2)C(=O)NC[C@H](C(=O)NCc2ccc(CN)cc2)c2cccnc2)cc1. The van der Waals surface area contributed by atoms with Crippen molar-refractivity contribution in [1.82, 2.24) is 20.9 Å². The number of benzene rings is 3. The molecule has 10 heteroatoms. The summed E-state index contributed by atoms with van der Waals surface area (Å²) in [6.45, 7) is 3.23. The molecule has 0 bridgehead atoms. The van der Waals surface area contributed by atoms with Crippen LogP contribution in [0.15, 0.2) is 97.3 Å². The smallest absolute Gasteiger partial charge is 0.251 e. The molecule has 0 spiro atoms. The van der Waals surface area contributed by atoms with Crippen molar-refractivity contribution >= 4 is 17.7 Å². The molecule has 4 rings (SSSR count). The van der Waals surface area contributed by atoms with Crippen LogP contribution >= 0.6 is 0 Å². The van der Waals surface area contributed by atoms with Crippen molar-refractivity contribution < 1.29 is 23.9 Å². The Morgan fingerprint density at radius 3 is 2.00 bits per heavy atom. The van der Waals surface area contributed by atoms with Gasteiger partial charge in [-0.25, -0.2) is 0 Å². The Morgan fingerprint density at radius 1 is 0.756 bits per heavy atom. The largest absolute Gasteiger partial charge is 0.497 e. The van der Waals surface area contributed by atoms with E-state index in [2.05, 4.69) is 20.9 Å². The van der Waals surface area contributed by atoms with E-state index in [0.29, 0.717) is 47.9 Å². The average Bonchev–Trinajstić information content (AvgIpc) is 3.09. The number of hydrogen-bond acceptors (Lipinski definition) is 7. The molecule has 0 saturated heterocycles. The first-order valence-electron chi connectivity index (χ1n) is 14.8. The number of carbonyl (C=O) groups is 3. The van der Waals surface area contributed by atoms with Gasteiger partial charge in [-0.05, 0) is 71.6 Å². The number of nitrogens with zero attached hydrogens (tertiary/aromatic N) is 1. The van der Waals surface area contributed by atoms with Gasteiger partial charge in [0.05, 0.1) is 25.6 Å². The first-order chi connectivity index (χ1) is 21.9. The van der Waals surface area contributed by atoms with Crippen molar-refractivity contribution in [2.45, 2.75) is 31.8 Å². The zero-order valence-corrected chi connectivity index (χ0v) is 25.5. The third-order valence-electron chi connectivity index (χ3n) is 7.34. The van der Waals surface area contributed by atoms with Crippen molar-refractivity contribution in [3.63, 3.8) is 0 Å². The van der Waals surface area contributed by atoms with Crippen LogP contribution in [0.4, 0.5) is 0 Å². The van der Waals surface area contributed by atoms with E-state index in [0.717, 1.165) is 11.1 Å². The number of nitrogens with two attached hydrogens (primary N) is 1. The highest BCUT2D eigenvalue weighted by Gasteiger charge is 2.26. The van der Waals surface area contributed by atoms with Gasteiger partial charge in [0.15, 0.2) is 0 Å². The molecule has 0 aliphatic heterocycles. The molecule has 0 radical (unpaired) electrons. The summed E-state index contributed by atoms with van der Waals surface area (Å²) < 4.78 is 10.7. The van der Waals surface area contributed by atoms with Gasteiger partial charge >= 0.3 is 0 Å². The maximum atomic E-state index is 13.7. The predicted molar refractivity (Wildman–Crippen MR) is 172 cm³/mol. The fourth-order valence-corrected chi connectivity index (χ4v) is 4.74. The van der Waals surface area contributed by atoms with E-state index in [4.69, 9.17) is 15.2 Å². The van der Waals surface area contributed by atoms with Gasteiger partial charge in [0.25, 0.3) is 5.91 Å². The molecule has 234 valence electrons. The molecule has 3 aromatic carbocycles. The number of methoxy groups -OCH3 is 1. The van der Waals surface area contributed by atoms with Crippen molar-refractivity contribution in [2.24, 2.45) is 5.73 Å². The fourth-order valence-electron chi connectivity index (χ4n) is 4.74. The third kappa shape index (κ3) is 9.38. The van der Waals surface area contributed by atoms with Gasteiger partial charge in [0.2, 0.25) is 11.8 Å². The van der Waals surface area contributed by atoms with Crippen LogP contribution < -0.4 is 31.2 Å². The molecule has 0 saturated carbocycles. The molecule has 0 aliphatic carbocycles. The number of ether oxygens (including phenoxy) is 2. The summed E-state index contributed by atoms with van der Waals surface area (Å²) in [6.07, 6.45) is 3.24. The van der Waals surface area contributed by atoms with E-state index in [1.807, 2.05) is 31.2 Å². The lowest BCUT2D eigenvalue weighted by Gasteiger charge is -2.22. The molecule has 10 nitrogen and oxygen atoms in total. The van der Waals surface area contributed by atoms with Gasteiger partial charge in [-0.1, -0.05) is 42.5 Å². The number of pyridine rings is 1. The van der Waals surface area contributed by atoms with Crippen molar-refractivity contribution in [2.75, 3.05) is 26.8 Å². The Kier molecular flexibility index (Phi) is 12.0. The normalized spacial score (nSPS) is 12.0. The highest BCUT2D eigenvalue weighted by Crippen LogP contribution is 2.22. The molecular weight excluding hydrogens is 570 g/mol. The number of aromatic nitrogens is 1. The standard InChI is InChI=1S/C35H39N5O5/c1-3-45-30-16-10-26(11-17-30)31(22-39-33(41)27-12-14-29(44-2)15-13-27)34(42)40-23-32(28-5-4-18-37-21-28)35(43)38-20-25-8-6-24(19-36)7-9-25/h4-18,21,31-32H,3,19-20,22-23,36H2,1-2H3,(H,38,43)(H,39,41)(H,40,42)/t31-,32+/m1/s1. The van der Waals surface area contributed by atoms with E-state index in [-0.39, 0.29) is 30.8 Å². The zero-order chi connectivity index (χ0) is 32.0. The van der Waals surface area contributed by atoms with Crippen LogP contribution in [0.5, 0.6) is 11.5 Å². The second kappa shape index (κ2) is 16.6. The third-order valence-corrected chi connectivity index (χ3v) is 7.34. The van der Waals surface area contributed by atoms with E-state index in [1.165, 1.54) is 0 Å².